The van der Waals surface area contributed by atoms with E-state index in [1.54, 1.807) is 0 Å². The standard InChI is InChI=1S/C36H52N2/c1-10-32(25-34-19-16-28(6)17-20-34)24-29(7)35(22-26(2)3)38-31(9)36(23-27(4)5)37-30(8)18-21-33-14-12-11-13-15-33/h10-17,19-20,26-27,32,35-38H,1,7-9,18,21-25H2,2-6H3/t32?,35-,36?/m0/s1. The van der Waals surface area contributed by atoms with Gasteiger partial charge < -0.3 is 10.6 Å². The van der Waals surface area contributed by atoms with Crippen molar-refractivity contribution in [3.63, 3.8) is 0 Å². The van der Waals surface area contributed by atoms with E-state index in [0.29, 0.717) is 17.8 Å². The third-order valence-electron chi connectivity index (χ3n) is 7.10. The molecular formula is C36H52N2. The minimum absolute atomic E-state index is 0.128. The SMILES string of the molecule is C=CC(CC(=C)[C@H](CC(C)C)NC(=C)C(CC(C)C)NC(=C)CCc1ccccc1)Cc1ccc(C)cc1. The summed E-state index contributed by atoms with van der Waals surface area (Å²) in [5.74, 6) is 1.45. The van der Waals surface area contributed by atoms with Gasteiger partial charge in [-0.25, -0.2) is 0 Å². The molecule has 0 heterocycles. The first kappa shape index (κ1) is 31.2. The van der Waals surface area contributed by atoms with Crippen molar-refractivity contribution in [1.29, 1.82) is 0 Å². The minimum atomic E-state index is 0.128. The highest BCUT2D eigenvalue weighted by Gasteiger charge is 2.22. The number of hydrogen-bond acceptors (Lipinski definition) is 2. The zero-order valence-electron chi connectivity index (χ0n) is 24.7. The van der Waals surface area contributed by atoms with Crippen molar-refractivity contribution < 1.29 is 0 Å². The van der Waals surface area contributed by atoms with Gasteiger partial charge in [0.1, 0.15) is 0 Å². The molecule has 38 heavy (non-hydrogen) atoms. The van der Waals surface area contributed by atoms with E-state index in [4.69, 9.17) is 0 Å². The maximum atomic E-state index is 4.56. The van der Waals surface area contributed by atoms with Crippen LogP contribution in [0.4, 0.5) is 0 Å². The van der Waals surface area contributed by atoms with Crippen LogP contribution in [0.15, 0.2) is 104 Å². The van der Waals surface area contributed by atoms with Crippen LogP contribution in [0.2, 0.25) is 0 Å². The van der Waals surface area contributed by atoms with E-state index in [9.17, 15) is 0 Å². The van der Waals surface area contributed by atoms with E-state index in [-0.39, 0.29) is 12.1 Å². The van der Waals surface area contributed by atoms with Crippen LogP contribution in [-0.4, -0.2) is 12.1 Å². The van der Waals surface area contributed by atoms with Crippen LogP contribution in [0, 0.1) is 24.7 Å². The van der Waals surface area contributed by atoms with E-state index in [1.165, 1.54) is 22.3 Å². The van der Waals surface area contributed by atoms with Gasteiger partial charge in [-0.15, -0.1) is 6.58 Å². The second kappa shape index (κ2) is 16.1. The number of rotatable bonds is 18. The average molecular weight is 513 g/mol. The van der Waals surface area contributed by atoms with E-state index < -0.39 is 0 Å². The largest absolute Gasteiger partial charge is 0.381 e. The minimum Gasteiger partial charge on any atom is -0.381 e. The zero-order chi connectivity index (χ0) is 28.1. The summed E-state index contributed by atoms with van der Waals surface area (Å²) < 4.78 is 0. The van der Waals surface area contributed by atoms with E-state index in [0.717, 1.165) is 49.9 Å². The monoisotopic (exact) mass is 512 g/mol. The Morgan fingerprint density at radius 3 is 1.97 bits per heavy atom. The molecule has 2 rings (SSSR count). The number of hydrogen-bond donors (Lipinski definition) is 2. The maximum Gasteiger partial charge on any atom is 0.0653 e. The fourth-order valence-electron chi connectivity index (χ4n) is 4.89. The van der Waals surface area contributed by atoms with Crippen LogP contribution in [0.5, 0.6) is 0 Å². The molecule has 0 saturated carbocycles. The molecular weight excluding hydrogens is 460 g/mol. The molecule has 0 aromatic heterocycles. The Bertz CT molecular complexity index is 1010. The maximum absolute atomic E-state index is 4.56. The zero-order valence-corrected chi connectivity index (χ0v) is 24.7. The summed E-state index contributed by atoms with van der Waals surface area (Å²) in [7, 11) is 0. The molecule has 2 N–H and O–H groups in total. The summed E-state index contributed by atoms with van der Waals surface area (Å²) in [6.45, 7) is 28.8. The summed E-state index contributed by atoms with van der Waals surface area (Å²) in [5, 5.41) is 7.50. The Morgan fingerprint density at radius 1 is 0.789 bits per heavy atom. The molecule has 0 bridgehead atoms. The second-order valence-electron chi connectivity index (χ2n) is 11.8. The van der Waals surface area contributed by atoms with Crippen molar-refractivity contribution in [1.82, 2.24) is 10.6 Å². The molecule has 0 fully saturated rings. The third-order valence-corrected chi connectivity index (χ3v) is 7.10. The Morgan fingerprint density at radius 2 is 1.39 bits per heavy atom. The van der Waals surface area contributed by atoms with Crippen LogP contribution in [0.3, 0.4) is 0 Å². The van der Waals surface area contributed by atoms with Gasteiger partial charge >= 0.3 is 0 Å². The van der Waals surface area contributed by atoms with Crippen molar-refractivity contribution in [2.75, 3.05) is 0 Å². The molecule has 0 saturated heterocycles. The van der Waals surface area contributed by atoms with Crippen molar-refractivity contribution in [2.45, 2.75) is 85.2 Å². The van der Waals surface area contributed by atoms with Gasteiger partial charge in [-0.1, -0.05) is 119 Å². The number of benzene rings is 2. The summed E-state index contributed by atoms with van der Waals surface area (Å²) in [4.78, 5) is 0. The smallest absolute Gasteiger partial charge is 0.0653 e. The van der Waals surface area contributed by atoms with Crippen LogP contribution in [-0.2, 0) is 12.8 Å². The summed E-state index contributed by atoms with van der Waals surface area (Å²) in [6.07, 6.45) is 7.91. The summed E-state index contributed by atoms with van der Waals surface area (Å²) in [6, 6.07) is 19.7. The Labute approximate surface area is 234 Å². The molecule has 2 aromatic carbocycles. The van der Waals surface area contributed by atoms with Gasteiger partial charge in [0, 0.05) is 17.4 Å². The third kappa shape index (κ3) is 11.6. The average Bonchev–Trinajstić information content (AvgIpc) is 2.87. The molecule has 0 amide bonds. The van der Waals surface area contributed by atoms with Crippen LogP contribution in [0.25, 0.3) is 0 Å². The molecule has 3 atom stereocenters. The first-order valence-electron chi connectivity index (χ1n) is 14.4. The normalized spacial score (nSPS) is 13.6. The second-order valence-corrected chi connectivity index (χ2v) is 11.8. The van der Waals surface area contributed by atoms with Gasteiger partial charge in [-0.3, -0.25) is 0 Å². The van der Waals surface area contributed by atoms with Crippen LogP contribution < -0.4 is 10.6 Å². The van der Waals surface area contributed by atoms with Gasteiger partial charge in [0.2, 0.25) is 0 Å². The number of nitrogens with one attached hydrogen (secondary N) is 2. The summed E-state index contributed by atoms with van der Waals surface area (Å²) >= 11 is 0. The first-order chi connectivity index (χ1) is 18.1. The van der Waals surface area contributed by atoms with Crippen molar-refractivity contribution in [3.8, 4) is 0 Å². The Hall–Kier alpha value is -3.00. The summed E-state index contributed by atoms with van der Waals surface area (Å²) in [5.41, 5.74) is 7.29. The van der Waals surface area contributed by atoms with Gasteiger partial charge in [-0.2, -0.15) is 0 Å². The molecule has 0 aliphatic heterocycles. The number of aryl methyl sites for hydroxylation is 2. The van der Waals surface area contributed by atoms with E-state index in [2.05, 4.69) is 132 Å². The lowest BCUT2D eigenvalue weighted by molar-refractivity contribution is 0.421. The molecule has 0 aliphatic carbocycles. The fourth-order valence-corrected chi connectivity index (χ4v) is 4.89. The van der Waals surface area contributed by atoms with Gasteiger partial charge in [0.25, 0.3) is 0 Å². The lowest BCUT2D eigenvalue weighted by Gasteiger charge is -2.32. The molecule has 2 heteroatoms. The molecule has 2 aromatic rings. The molecule has 0 aliphatic rings. The van der Waals surface area contributed by atoms with Gasteiger partial charge in [-0.05, 0) is 74.3 Å². The molecule has 0 radical (unpaired) electrons. The molecule has 2 unspecified atom stereocenters. The van der Waals surface area contributed by atoms with E-state index in [1.807, 2.05) is 0 Å². The van der Waals surface area contributed by atoms with Gasteiger partial charge in [0.15, 0.2) is 0 Å². The predicted octanol–water partition coefficient (Wildman–Crippen LogP) is 8.95. The van der Waals surface area contributed by atoms with Crippen molar-refractivity contribution in [3.05, 3.63) is 121 Å². The number of allylic oxidation sites excluding steroid dienone is 2. The highest BCUT2D eigenvalue weighted by molar-refractivity contribution is 5.23. The van der Waals surface area contributed by atoms with Crippen molar-refractivity contribution >= 4 is 0 Å². The Kier molecular flexibility index (Phi) is 13.2. The Balaban J connectivity index is 2.04. The quantitative estimate of drug-likeness (QED) is 0.195. The fraction of sp³-hybridized carbons (Fsp3) is 0.444. The van der Waals surface area contributed by atoms with E-state index >= 15 is 0 Å². The van der Waals surface area contributed by atoms with Crippen molar-refractivity contribution in [2.24, 2.45) is 17.8 Å². The highest BCUT2D eigenvalue weighted by atomic mass is 15.0. The predicted molar refractivity (Wildman–Crippen MR) is 168 cm³/mol. The molecule has 0 spiro atoms. The highest BCUT2D eigenvalue weighted by Crippen LogP contribution is 2.24. The molecule has 2 nitrogen and oxygen atoms in total. The van der Waals surface area contributed by atoms with Gasteiger partial charge in [0.05, 0.1) is 6.04 Å². The lowest BCUT2D eigenvalue weighted by atomic mass is 9.87. The van der Waals surface area contributed by atoms with Crippen LogP contribution >= 0.6 is 0 Å². The first-order valence-corrected chi connectivity index (χ1v) is 14.4. The van der Waals surface area contributed by atoms with Crippen LogP contribution in [0.1, 0.15) is 70.1 Å². The molecule has 206 valence electrons. The lowest BCUT2D eigenvalue weighted by Crippen LogP contribution is -2.41. The topological polar surface area (TPSA) is 24.1 Å².